The highest BCUT2D eigenvalue weighted by molar-refractivity contribution is 7.20. The van der Waals surface area contributed by atoms with E-state index in [1.54, 1.807) is 35.8 Å². The van der Waals surface area contributed by atoms with Crippen LogP contribution in [0.2, 0.25) is 0 Å². The molecule has 6 heteroatoms. The van der Waals surface area contributed by atoms with Crippen LogP contribution in [0.1, 0.15) is 79.0 Å². The van der Waals surface area contributed by atoms with Crippen molar-refractivity contribution in [3.05, 3.63) is 69.4 Å². The van der Waals surface area contributed by atoms with Crippen molar-refractivity contribution in [3.63, 3.8) is 0 Å². The van der Waals surface area contributed by atoms with Crippen LogP contribution < -0.4 is 4.74 Å². The highest BCUT2D eigenvalue weighted by atomic mass is 32.1. The van der Waals surface area contributed by atoms with Gasteiger partial charge in [0.25, 0.3) is 0 Å². The van der Waals surface area contributed by atoms with Crippen LogP contribution in [0.4, 0.5) is 0 Å². The summed E-state index contributed by atoms with van der Waals surface area (Å²) in [6.45, 7) is 24.1. The Bertz CT molecular complexity index is 1730. The Morgan fingerprint density at radius 1 is 0.674 bits per heavy atom. The second kappa shape index (κ2) is 10.9. The molecule has 4 aromatic rings. The molecule has 0 saturated carbocycles. The minimum atomic E-state index is 0.0614. The Balaban J connectivity index is 0.000000171. The lowest BCUT2D eigenvalue weighted by Gasteiger charge is -2.30. The van der Waals surface area contributed by atoms with Gasteiger partial charge in [0.2, 0.25) is 0 Å². The van der Waals surface area contributed by atoms with Crippen molar-refractivity contribution in [2.75, 3.05) is 20.3 Å². The van der Waals surface area contributed by atoms with E-state index in [1.807, 2.05) is 18.2 Å². The zero-order valence-electron chi connectivity index (χ0n) is 27.5. The molecule has 2 aromatic heterocycles. The lowest BCUT2D eigenvalue weighted by atomic mass is 9.71. The molecule has 230 valence electrons. The van der Waals surface area contributed by atoms with E-state index < -0.39 is 0 Å². The monoisotopic (exact) mass is 618 g/mol. The number of fused-ring (bicyclic) bond motifs is 2. The van der Waals surface area contributed by atoms with Gasteiger partial charge in [-0.3, -0.25) is 0 Å². The summed E-state index contributed by atoms with van der Waals surface area (Å²) in [4.78, 5) is 2.38. The lowest BCUT2D eigenvalue weighted by molar-refractivity contribution is 0.214. The van der Waals surface area contributed by atoms with Gasteiger partial charge in [0.1, 0.15) is 23.0 Å². The van der Waals surface area contributed by atoms with E-state index in [1.165, 1.54) is 30.8 Å². The van der Waals surface area contributed by atoms with Gasteiger partial charge in [0, 0.05) is 20.2 Å². The third-order valence-corrected chi connectivity index (χ3v) is 10.4. The van der Waals surface area contributed by atoms with E-state index in [0.717, 1.165) is 40.7 Å². The molecule has 4 heterocycles. The smallest absolute Gasteiger partial charge is 0.136 e. The fourth-order valence-corrected chi connectivity index (χ4v) is 9.01. The summed E-state index contributed by atoms with van der Waals surface area (Å²) in [6.07, 6.45) is 0. The SMILES string of the molecule is CC(C)(C)C1=C(c2cc3cc(O)ccc3s2)OCC1(C)C.COc1ccc2sc(C3=C(C(C)(C)C)C(C)(C)CO3)cc2c1. The minimum Gasteiger partial charge on any atom is -0.508 e. The van der Waals surface area contributed by atoms with E-state index in [0.29, 0.717) is 5.75 Å². The highest BCUT2D eigenvalue weighted by Crippen LogP contribution is 2.52. The molecule has 0 saturated heterocycles. The molecule has 2 aromatic carbocycles. The van der Waals surface area contributed by atoms with Crippen molar-refractivity contribution < 1.29 is 19.3 Å². The Morgan fingerprint density at radius 3 is 1.56 bits per heavy atom. The number of hydrogen-bond acceptors (Lipinski definition) is 6. The molecule has 0 unspecified atom stereocenters. The zero-order chi connectivity index (χ0) is 31.5. The average molecular weight is 619 g/mol. The first-order chi connectivity index (χ1) is 19.9. The number of hydrogen-bond donors (Lipinski definition) is 1. The average Bonchev–Trinajstić information content (AvgIpc) is 3.64. The van der Waals surface area contributed by atoms with Crippen LogP contribution in [0.25, 0.3) is 31.7 Å². The van der Waals surface area contributed by atoms with Gasteiger partial charge in [-0.2, -0.15) is 0 Å². The second-order valence-electron chi connectivity index (χ2n) is 15.1. The molecule has 0 amide bonds. The van der Waals surface area contributed by atoms with Crippen molar-refractivity contribution in [1.29, 1.82) is 0 Å². The first-order valence-corrected chi connectivity index (χ1v) is 16.6. The van der Waals surface area contributed by atoms with Crippen LogP contribution in [0.15, 0.2) is 59.7 Å². The molecule has 0 spiro atoms. The maximum Gasteiger partial charge on any atom is 0.136 e. The second-order valence-corrected chi connectivity index (χ2v) is 17.3. The number of phenols is 1. The van der Waals surface area contributed by atoms with Crippen LogP contribution in [0.3, 0.4) is 0 Å². The molecule has 1 N–H and O–H groups in total. The molecular formula is C37H46O4S2. The molecule has 2 aliphatic heterocycles. The maximum absolute atomic E-state index is 9.63. The van der Waals surface area contributed by atoms with Gasteiger partial charge in [-0.1, -0.05) is 69.2 Å². The molecule has 0 aliphatic carbocycles. The van der Waals surface area contributed by atoms with E-state index in [9.17, 15) is 5.11 Å². The largest absolute Gasteiger partial charge is 0.508 e. The number of methoxy groups -OCH3 is 1. The van der Waals surface area contributed by atoms with E-state index in [-0.39, 0.29) is 21.7 Å². The summed E-state index contributed by atoms with van der Waals surface area (Å²) in [5.74, 6) is 3.32. The quantitative estimate of drug-likeness (QED) is 0.248. The molecule has 2 aliphatic rings. The first kappa shape index (κ1) is 31.5. The number of benzene rings is 2. The summed E-state index contributed by atoms with van der Waals surface area (Å²) in [5.41, 5.74) is 3.12. The normalized spacial score (nSPS) is 18.1. The fraction of sp³-hybridized carbons (Fsp3) is 0.459. The van der Waals surface area contributed by atoms with Crippen molar-refractivity contribution in [2.24, 2.45) is 21.7 Å². The Labute approximate surface area is 265 Å². The maximum atomic E-state index is 9.63. The topological polar surface area (TPSA) is 47.9 Å². The van der Waals surface area contributed by atoms with Crippen molar-refractivity contribution in [2.45, 2.75) is 69.2 Å². The highest BCUT2D eigenvalue weighted by Gasteiger charge is 2.42. The molecule has 43 heavy (non-hydrogen) atoms. The van der Waals surface area contributed by atoms with E-state index in [2.05, 4.69) is 93.5 Å². The first-order valence-electron chi connectivity index (χ1n) is 15.0. The van der Waals surface area contributed by atoms with E-state index in [4.69, 9.17) is 14.2 Å². The molecule has 0 radical (unpaired) electrons. The Morgan fingerprint density at radius 2 is 1.12 bits per heavy atom. The van der Waals surface area contributed by atoms with Gasteiger partial charge in [-0.25, -0.2) is 0 Å². The number of thiophene rings is 2. The predicted molar refractivity (Wildman–Crippen MR) is 184 cm³/mol. The predicted octanol–water partition coefficient (Wildman–Crippen LogP) is 11.1. The Kier molecular flexibility index (Phi) is 7.97. The number of phenolic OH excluding ortho intramolecular Hbond substituents is 1. The van der Waals surface area contributed by atoms with Gasteiger partial charge < -0.3 is 19.3 Å². The van der Waals surface area contributed by atoms with Crippen molar-refractivity contribution in [3.8, 4) is 11.5 Å². The van der Waals surface area contributed by atoms with Gasteiger partial charge >= 0.3 is 0 Å². The van der Waals surface area contributed by atoms with Gasteiger partial charge in [0.05, 0.1) is 30.1 Å². The molecule has 0 bridgehead atoms. The molecule has 4 nitrogen and oxygen atoms in total. The van der Waals surface area contributed by atoms with Crippen molar-refractivity contribution >= 4 is 54.4 Å². The standard InChI is InChI=1S/C19H24O2S.C18H22O2S/c1-18(2,3)17-16(21-11-19(17,4)5)15-10-12-9-13(20-6)7-8-14(12)22-15;1-17(2,3)16-15(20-10-18(16,4)5)14-9-11-8-12(19)6-7-13(11)21-14/h7-10H,11H2,1-6H3;6-9,19H,10H2,1-5H3. The number of ether oxygens (including phenoxy) is 3. The summed E-state index contributed by atoms with van der Waals surface area (Å²) < 4.78 is 20.0. The number of aromatic hydroxyl groups is 1. The minimum absolute atomic E-state index is 0.0614. The molecule has 0 fully saturated rings. The zero-order valence-corrected chi connectivity index (χ0v) is 29.2. The van der Waals surface area contributed by atoms with E-state index >= 15 is 0 Å². The van der Waals surface area contributed by atoms with Crippen LogP contribution in [0, 0.1) is 21.7 Å². The summed E-state index contributed by atoms with van der Waals surface area (Å²) in [7, 11) is 1.71. The van der Waals surface area contributed by atoms with Gasteiger partial charge in [0.15, 0.2) is 0 Å². The lowest BCUT2D eigenvalue weighted by Crippen LogP contribution is -2.24. The molecular weight excluding hydrogens is 573 g/mol. The van der Waals surface area contributed by atoms with Gasteiger partial charge in [-0.05, 0) is 81.3 Å². The van der Waals surface area contributed by atoms with Gasteiger partial charge in [-0.15, -0.1) is 22.7 Å². The number of rotatable bonds is 3. The third-order valence-electron chi connectivity index (χ3n) is 8.13. The summed E-state index contributed by atoms with van der Waals surface area (Å²) in [5, 5.41) is 11.9. The van der Waals surface area contributed by atoms with Crippen LogP contribution in [-0.2, 0) is 9.47 Å². The summed E-state index contributed by atoms with van der Waals surface area (Å²) >= 11 is 3.53. The van der Waals surface area contributed by atoms with Crippen LogP contribution in [0.5, 0.6) is 11.5 Å². The van der Waals surface area contributed by atoms with Crippen molar-refractivity contribution in [1.82, 2.24) is 0 Å². The molecule has 6 rings (SSSR count). The third kappa shape index (κ3) is 6.19. The summed E-state index contributed by atoms with van der Waals surface area (Å²) in [6, 6.07) is 16.1. The van der Waals surface area contributed by atoms with Crippen LogP contribution >= 0.6 is 22.7 Å². The Hall–Kier alpha value is -2.96. The van der Waals surface area contributed by atoms with Crippen LogP contribution in [-0.4, -0.2) is 25.4 Å². The fourth-order valence-electron chi connectivity index (χ4n) is 6.91. The molecule has 0 atom stereocenters.